The van der Waals surface area contributed by atoms with Gasteiger partial charge in [0.1, 0.15) is 11.5 Å². The number of pyridine rings is 1. The third-order valence-electron chi connectivity index (χ3n) is 3.90. The van der Waals surface area contributed by atoms with E-state index in [1.807, 2.05) is 6.07 Å². The van der Waals surface area contributed by atoms with Crippen molar-refractivity contribution in [2.75, 3.05) is 5.32 Å². The Kier molecular flexibility index (Phi) is 4.70. The van der Waals surface area contributed by atoms with Gasteiger partial charge in [-0.1, -0.05) is 30.3 Å². The van der Waals surface area contributed by atoms with E-state index in [9.17, 15) is 14.5 Å². The smallest absolute Gasteiger partial charge is 0.292 e. The molecule has 1 N–H and O–H groups in total. The third kappa shape index (κ3) is 3.63. The van der Waals surface area contributed by atoms with Gasteiger partial charge in [0.2, 0.25) is 0 Å². The van der Waals surface area contributed by atoms with E-state index in [0.29, 0.717) is 16.9 Å². The number of nitro benzene ring substituents is 1. The number of aryl methyl sites for hydroxylation is 1. The number of aromatic nitrogens is 1. The van der Waals surface area contributed by atoms with Crippen molar-refractivity contribution in [1.29, 1.82) is 0 Å². The van der Waals surface area contributed by atoms with Gasteiger partial charge < -0.3 is 5.32 Å². The van der Waals surface area contributed by atoms with Crippen molar-refractivity contribution in [3.63, 3.8) is 0 Å². The number of anilines is 1. The summed E-state index contributed by atoms with van der Waals surface area (Å²) >= 11 is 0. The lowest BCUT2D eigenvalue weighted by atomic mass is 10.0. The first-order valence-electron chi connectivity index (χ1n) is 7.73. The topological polar surface area (TPSA) is 68.1 Å². The van der Waals surface area contributed by atoms with Crippen LogP contribution >= 0.6 is 0 Å². The molecule has 0 saturated heterocycles. The zero-order valence-corrected chi connectivity index (χ0v) is 13.5. The van der Waals surface area contributed by atoms with Crippen molar-refractivity contribution in [2.24, 2.45) is 0 Å². The van der Waals surface area contributed by atoms with Crippen LogP contribution in [0, 0.1) is 22.9 Å². The summed E-state index contributed by atoms with van der Waals surface area (Å²) in [5, 5.41) is 14.6. The Balaban J connectivity index is 2.10. The first-order valence-corrected chi connectivity index (χ1v) is 7.73. The number of rotatable bonds is 5. The molecule has 1 heterocycles. The fraction of sp³-hybridized carbons (Fsp3) is 0.105. The molecule has 5 nitrogen and oxygen atoms in total. The van der Waals surface area contributed by atoms with Crippen molar-refractivity contribution in [3.8, 4) is 0 Å². The fourth-order valence-electron chi connectivity index (χ4n) is 2.70. The minimum atomic E-state index is -0.517. The van der Waals surface area contributed by atoms with Gasteiger partial charge >= 0.3 is 0 Å². The molecule has 0 bridgehead atoms. The predicted octanol–water partition coefficient (Wildman–Crippen LogP) is 4.64. The number of nitrogens with one attached hydrogen (secondary N) is 1. The van der Waals surface area contributed by atoms with Crippen LogP contribution in [-0.4, -0.2) is 9.91 Å². The summed E-state index contributed by atoms with van der Waals surface area (Å²) in [6, 6.07) is 15.9. The van der Waals surface area contributed by atoms with Gasteiger partial charge in [-0.15, -0.1) is 0 Å². The molecule has 0 aliphatic rings. The zero-order valence-electron chi connectivity index (χ0n) is 13.5. The highest BCUT2D eigenvalue weighted by Gasteiger charge is 2.22. The minimum Gasteiger partial charge on any atom is -0.367 e. The normalized spacial score (nSPS) is 11.8. The second-order valence-electron chi connectivity index (χ2n) is 5.61. The number of para-hydroxylation sites is 1. The Morgan fingerprint density at radius 2 is 1.92 bits per heavy atom. The molecule has 0 amide bonds. The summed E-state index contributed by atoms with van der Waals surface area (Å²) in [6.07, 6.45) is 1.63. The van der Waals surface area contributed by atoms with Crippen molar-refractivity contribution in [1.82, 2.24) is 4.98 Å². The van der Waals surface area contributed by atoms with Gasteiger partial charge in [-0.05, 0) is 42.3 Å². The van der Waals surface area contributed by atoms with Crippen LogP contribution < -0.4 is 5.32 Å². The van der Waals surface area contributed by atoms with Crippen LogP contribution in [0.25, 0.3) is 0 Å². The number of nitrogens with zero attached hydrogens (tertiary/aromatic N) is 2. The van der Waals surface area contributed by atoms with Crippen molar-refractivity contribution in [2.45, 2.75) is 13.0 Å². The summed E-state index contributed by atoms with van der Waals surface area (Å²) in [4.78, 5) is 15.3. The summed E-state index contributed by atoms with van der Waals surface area (Å²) in [5.41, 5.74) is 2.37. The molecule has 0 fully saturated rings. The summed E-state index contributed by atoms with van der Waals surface area (Å²) < 4.78 is 13.7. The van der Waals surface area contributed by atoms with E-state index >= 15 is 0 Å². The number of halogens is 1. The molecule has 6 heteroatoms. The molecule has 0 aliphatic carbocycles. The number of nitro groups is 1. The van der Waals surface area contributed by atoms with Gasteiger partial charge in [-0.2, -0.15) is 0 Å². The second kappa shape index (κ2) is 7.09. The van der Waals surface area contributed by atoms with E-state index in [2.05, 4.69) is 10.3 Å². The van der Waals surface area contributed by atoms with E-state index in [1.54, 1.807) is 49.5 Å². The standard InChI is InChI=1S/C19H16FN3O2/c1-13-6-4-10-17(23(24)25)18(13)22-19(16-9-2-3-11-21-16)14-7-5-8-15(20)12-14/h2-12,19,22H,1H3. The average Bonchev–Trinajstić information content (AvgIpc) is 2.61. The lowest BCUT2D eigenvalue weighted by Gasteiger charge is -2.21. The zero-order chi connectivity index (χ0) is 17.8. The first kappa shape index (κ1) is 16.6. The number of hydrogen-bond acceptors (Lipinski definition) is 4. The van der Waals surface area contributed by atoms with Crippen LogP contribution in [0.1, 0.15) is 22.9 Å². The summed E-state index contributed by atoms with van der Waals surface area (Å²) in [5.74, 6) is -0.375. The molecule has 2 aromatic carbocycles. The monoisotopic (exact) mass is 337 g/mol. The van der Waals surface area contributed by atoms with Gasteiger partial charge in [0.25, 0.3) is 5.69 Å². The highest BCUT2D eigenvalue weighted by molar-refractivity contribution is 5.67. The lowest BCUT2D eigenvalue weighted by Crippen LogP contribution is -2.15. The summed E-state index contributed by atoms with van der Waals surface area (Å²) in [6.45, 7) is 1.79. The van der Waals surface area contributed by atoms with E-state index in [-0.39, 0.29) is 11.5 Å². The van der Waals surface area contributed by atoms with Crippen LogP contribution in [0.5, 0.6) is 0 Å². The number of hydrogen-bond donors (Lipinski definition) is 1. The molecule has 1 atom stereocenters. The van der Waals surface area contributed by atoms with Crippen molar-refractivity contribution >= 4 is 11.4 Å². The third-order valence-corrected chi connectivity index (χ3v) is 3.90. The van der Waals surface area contributed by atoms with E-state index in [4.69, 9.17) is 0 Å². The van der Waals surface area contributed by atoms with E-state index < -0.39 is 11.0 Å². The molecule has 3 rings (SSSR count). The molecule has 0 aliphatic heterocycles. The Bertz CT molecular complexity index is 900. The van der Waals surface area contributed by atoms with E-state index in [0.717, 1.165) is 5.56 Å². The molecule has 0 saturated carbocycles. The maximum absolute atomic E-state index is 13.7. The summed E-state index contributed by atoms with van der Waals surface area (Å²) in [7, 11) is 0. The van der Waals surface area contributed by atoms with Crippen molar-refractivity contribution in [3.05, 3.63) is 99.6 Å². The van der Waals surface area contributed by atoms with Crippen molar-refractivity contribution < 1.29 is 9.31 Å². The molecule has 1 aromatic heterocycles. The second-order valence-corrected chi connectivity index (χ2v) is 5.61. The van der Waals surface area contributed by atoms with Gasteiger partial charge in [-0.3, -0.25) is 15.1 Å². The van der Waals surface area contributed by atoms with Gasteiger partial charge in [-0.25, -0.2) is 4.39 Å². The van der Waals surface area contributed by atoms with Crippen LogP contribution in [-0.2, 0) is 0 Å². The van der Waals surface area contributed by atoms with Crippen LogP contribution in [0.3, 0.4) is 0 Å². The maximum Gasteiger partial charge on any atom is 0.292 e. The molecular formula is C19H16FN3O2. The lowest BCUT2D eigenvalue weighted by molar-refractivity contribution is -0.384. The highest BCUT2D eigenvalue weighted by atomic mass is 19.1. The number of benzene rings is 2. The van der Waals surface area contributed by atoms with E-state index in [1.165, 1.54) is 18.2 Å². The first-order chi connectivity index (χ1) is 12.1. The molecule has 0 spiro atoms. The molecule has 0 radical (unpaired) electrons. The average molecular weight is 337 g/mol. The van der Waals surface area contributed by atoms with Gasteiger partial charge in [0.15, 0.2) is 0 Å². The Hall–Kier alpha value is -3.28. The van der Waals surface area contributed by atoms with Gasteiger partial charge in [0, 0.05) is 12.3 Å². The quantitative estimate of drug-likeness (QED) is 0.544. The Labute approximate surface area is 144 Å². The molecule has 1 unspecified atom stereocenters. The van der Waals surface area contributed by atoms with Gasteiger partial charge in [0.05, 0.1) is 16.7 Å². The minimum absolute atomic E-state index is 0.0302. The molecule has 25 heavy (non-hydrogen) atoms. The Morgan fingerprint density at radius 3 is 2.60 bits per heavy atom. The van der Waals surface area contributed by atoms with Crippen LogP contribution in [0.15, 0.2) is 66.9 Å². The Morgan fingerprint density at radius 1 is 1.12 bits per heavy atom. The highest BCUT2D eigenvalue weighted by Crippen LogP contribution is 2.33. The predicted molar refractivity (Wildman–Crippen MR) is 93.9 cm³/mol. The molecular weight excluding hydrogens is 321 g/mol. The molecule has 3 aromatic rings. The molecule has 126 valence electrons. The SMILES string of the molecule is Cc1cccc([N+](=O)[O-])c1NC(c1cccc(F)c1)c1ccccn1. The fourth-order valence-corrected chi connectivity index (χ4v) is 2.70. The van der Waals surface area contributed by atoms with Crippen LogP contribution in [0.2, 0.25) is 0 Å². The van der Waals surface area contributed by atoms with Crippen LogP contribution in [0.4, 0.5) is 15.8 Å². The largest absolute Gasteiger partial charge is 0.367 e. The maximum atomic E-state index is 13.7.